The summed E-state index contributed by atoms with van der Waals surface area (Å²) in [6, 6.07) is 5.35. The summed E-state index contributed by atoms with van der Waals surface area (Å²) in [5.74, 6) is 0.0494. The van der Waals surface area contributed by atoms with Crippen LogP contribution < -0.4 is 10.6 Å². The first-order valence-corrected chi connectivity index (χ1v) is 6.62. The Morgan fingerprint density at radius 2 is 2.12 bits per heavy atom. The van der Waals surface area contributed by atoms with Crippen molar-refractivity contribution in [2.75, 3.05) is 18.0 Å². The fourth-order valence-electron chi connectivity index (χ4n) is 2.12. The Morgan fingerprint density at radius 1 is 1.35 bits per heavy atom. The molecule has 0 unspecified atom stereocenters. The van der Waals surface area contributed by atoms with Gasteiger partial charge in [-0.2, -0.15) is 0 Å². The molecule has 1 aliphatic rings. The molecule has 1 aromatic heterocycles. The summed E-state index contributed by atoms with van der Waals surface area (Å²) in [6.07, 6.45) is 2.03. The van der Waals surface area contributed by atoms with E-state index in [1.165, 1.54) is 0 Å². The van der Waals surface area contributed by atoms with Crippen molar-refractivity contribution in [3.63, 3.8) is 0 Å². The number of anilines is 1. The fraction of sp³-hybridized carbons (Fsp3) is 0.417. The molecule has 1 fully saturated rings. The lowest BCUT2D eigenvalue weighted by Crippen LogP contribution is -2.39. The van der Waals surface area contributed by atoms with Gasteiger partial charge in [0.05, 0.1) is 10.2 Å². The van der Waals surface area contributed by atoms with Gasteiger partial charge in [-0.15, -0.1) is 0 Å². The largest absolute Gasteiger partial charge is 0.348 e. The zero-order chi connectivity index (χ0) is 11.8. The van der Waals surface area contributed by atoms with Crippen LogP contribution in [0.25, 0.3) is 10.2 Å². The lowest BCUT2D eigenvalue weighted by Gasteiger charge is -2.29. The molecule has 2 heterocycles. The van der Waals surface area contributed by atoms with Gasteiger partial charge in [0.2, 0.25) is 0 Å². The van der Waals surface area contributed by atoms with E-state index in [2.05, 4.69) is 9.88 Å². The first kappa shape index (κ1) is 10.8. The maximum Gasteiger partial charge on any atom is 0.186 e. The van der Waals surface area contributed by atoms with Crippen molar-refractivity contribution in [1.82, 2.24) is 4.98 Å². The number of nitrogens with two attached hydrogens (primary N) is 1. The number of nitrogens with zero attached hydrogens (tertiary/aromatic N) is 2. The van der Waals surface area contributed by atoms with Crippen molar-refractivity contribution in [1.29, 1.82) is 0 Å². The van der Waals surface area contributed by atoms with E-state index < -0.39 is 0 Å². The number of piperidine rings is 1. The van der Waals surface area contributed by atoms with Crippen molar-refractivity contribution >= 4 is 26.7 Å². The third kappa shape index (κ3) is 2.08. The number of rotatable bonds is 1. The molecule has 2 aromatic rings. The van der Waals surface area contributed by atoms with E-state index in [1.807, 2.05) is 0 Å². The maximum atomic E-state index is 11.3. The van der Waals surface area contributed by atoms with Gasteiger partial charge in [-0.25, -0.2) is 4.98 Å². The summed E-state index contributed by atoms with van der Waals surface area (Å²) in [5.41, 5.74) is 6.80. The molecule has 0 bridgehead atoms. The average molecular weight is 248 g/mol. The van der Waals surface area contributed by atoms with E-state index in [9.17, 15) is 5.11 Å². The van der Waals surface area contributed by atoms with Crippen LogP contribution in [0.4, 0.5) is 5.13 Å². The first-order chi connectivity index (χ1) is 8.22. The van der Waals surface area contributed by atoms with E-state index in [0.717, 1.165) is 41.3 Å². The van der Waals surface area contributed by atoms with Gasteiger partial charge in [0.1, 0.15) is 0 Å². The Morgan fingerprint density at radius 3 is 2.88 bits per heavy atom. The minimum absolute atomic E-state index is 0.0494. The molecule has 89 valence electrons. The van der Waals surface area contributed by atoms with Gasteiger partial charge in [0.15, 0.2) is 10.9 Å². The molecule has 0 saturated carbocycles. The minimum Gasteiger partial charge on any atom is -0.348 e. The van der Waals surface area contributed by atoms with Crippen molar-refractivity contribution in [2.24, 2.45) is 5.73 Å². The second-order valence-corrected chi connectivity index (χ2v) is 5.46. The number of hydrogen-bond acceptors (Lipinski definition) is 4. The summed E-state index contributed by atoms with van der Waals surface area (Å²) < 4.78 is 0.974. The van der Waals surface area contributed by atoms with Crippen LogP contribution in [0.15, 0.2) is 18.2 Å². The van der Waals surface area contributed by atoms with E-state index >= 15 is 0 Å². The number of thiazole rings is 1. The van der Waals surface area contributed by atoms with Crippen LogP contribution in [0.5, 0.6) is 5.75 Å². The van der Waals surface area contributed by atoms with Crippen molar-refractivity contribution in [3.8, 4) is 5.75 Å². The molecule has 1 radical (unpaired) electrons. The molecule has 0 atom stereocenters. The minimum atomic E-state index is 0.0494. The molecule has 3 rings (SSSR count). The Bertz CT molecular complexity index is 532. The summed E-state index contributed by atoms with van der Waals surface area (Å²) >= 11 is 1.59. The standard InChI is InChI=1S/C12H14N3OS/c13-8-3-5-15(6-4-8)12-14-10-2-1-9(16)7-11(10)17-12/h1-2,7-8H,3-6,13H2. The second-order valence-electron chi connectivity index (χ2n) is 4.45. The molecule has 5 heteroatoms. The number of benzene rings is 1. The smallest absolute Gasteiger partial charge is 0.186 e. The van der Waals surface area contributed by atoms with Crippen LogP contribution in [0.2, 0.25) is 0 Å². The molecule has 2 N–H and O–H groups in total. The summed E-state index contributed by atoms with van der Waals surface area (Å²) in [6.45, 7) is 1.93. The summed E-state index contributed by atoms with van der Waals surface area (Å²) in [4.78, 5) is 6.83. The second kappa shape index (κ2) is 4.16. The van der Waals surface area contributed by atoms with Crippen molar-refractivity contribution in [2.45, 2.75) is 18.9 Å². The van der Waals surface area contributed by atoms with Crippen LogP contribution in [0.3, 0.4) is 0 Å². The van der Waals surface area contributed by atoms with Gasteiger partial charge in [0, 0.05) is 25.2 Å². The van der Waals surface area contributed by atoms with Crippen LogP contribution >= 0.6 is 11.3 Å². The van der Waals surface area contributed by atoms with Crippen molar-refractivity contribution < 1.29 is 5.11 Å². The predicted molar refractivity (Wildman–Crippen MR) is 69.2 cm³/mol. The number of fused-ring (bicyclic) bond motifs is 1. The van der Waals surface area contributed by atoms with Gasteiger partial charge in [0.25, 0.3) is 0 Å². The highest BCUT2D eigenvalue weighted by Gasteiger charge is 2.19. The third-order valence-corrected chi connectivity index (χ3v) is 4.24. The molecule has 1 aliphatic heterocycles. The molecular formula is C12H14N3OS. The Balaban J connectivity index is 1.90. The number of hydrogen-bond donors (Lipinski definition) is 1. The van der Waals surface area contributed by atoms with Gasteiger partial charge in [-0.1, -0.05) is 11.3 Å². The molecule has 0 spiro atoms. The summed E-state index contributed by atoms with van der Waals surface area (Å²) in [5, 5.41) is 12.3. The van der Waals surface area contributed by atoms with E-state index in [1.54, 1.807) is 29.5 Å². The SMILES string of the molecule is NC1CCN(c2nc3ccc([O])cc3s2)CC1. The van der Waals surface area contributed by atoms with Gasteiger partial charge in [-0.3, -0.25) is 5.11 Å². The van der Waals surface area contributed by atoms with Crippen LogP contribution in [0, 0.1) is 0 Å². The maximum absolute atomic E-state index is 11.3. The number of aromatic nitrogens is 1. The fourth-order valence-corrected chi connectivity index (χ4v) is 3.16. The molecule has 4 nitrogen and oxygen atoms in total. The van der Waals surface area contributed by atoms with Gasteiger partial charge in [-0.05, 0) is 25.0 Å². The Labute approximate surface area is 104 Å². The lowest BCUT2D eigenvalue weighted by molar-refractivity contribution is 0.355. The Kier molecular flexibility index (Phi) is 2.64. The lowest BCUT2D eigenvalue weighted by atomic mass is 10.1. The molecule has 1 saturated heterocycles. The third-order valence-electron chi connectivity index (χ3n) is 3.16. The van der Waals surface area contributed by atoms with Gasteiger partial charge >= 0.3 is 0 Å². The first-order valence-electron chi connectivity index (χ1n) is 5.80. The summed E-state index contributed by atoms with van der Waals surface area (Å²) in [7, 11) is 0. The van der Waals surface area contributed by atoms with E-state index in [-0.39, 0.29) is 5.75 Å². The zero-order valence-electron chi connectivity index (χ0n) is 9.43. The topological polar surface area (TPSA) is 62.0 Å². The van der Waals surface area contributed by atoms with Crippen LogP contribution in [-0.4, -0.2) is 24.1 Å². The van der Waals surface area contributed by atoms with Crippen molar-refractivity contribution in [3.05, 3.63) is 18.2 Å². The quantitative estimate of drug-likeness (QED) is 0.842. The van der Waals surface area contributed by atoms with E-state index in [4.69, 9.17) is 5.73 Å². The van der Waals surface area contributed by atoms with Crippen LogP contribution in [-0.2, 0) is 5.11 Å². The molecule has 0 aliphatic carbocycles. The molecule has 0 amide bonds. The highest BCUT2D eigenvalue weighted by molar-refractivity contribution is 7.22. The molecule has 17 heavy (non-hydrogen) atoms. The Hall–Kier alpha value is -1.33. The average Bonchev–Trinajstić information content (AvgIpc) is 2.72. The highest BCUT2D eigenvalue weighted by Crippen LogP contribution is 2.32. The van der Waals surface area contributed by atoms with Gasteiger partial charge < -0.3 is 10.6 Å². The van der Waals surface area contributed by atoms with Crippen LogP contribution in [0.1, 0.15) is 12.8 Å². The molecule has 1 aromatic carbocycles. The van der Waals surface area contributed by atoms with E-state index in [0.29, 0.717) is 6.04 Å². The zero-order valence-corrected chi connectivity index (χ0v) is 10.2. The monoisotopic (exact) mass is 248 g/mol. The highest BCUT2D eigenvalue weighted by atomic mass is 32.1. The molecular weight excluding hydrogens is 234 g/mol. The normalized spacial score (nSPS) is 17.8. The predicted octanol–water partition coefficient (Wildman–Crippen LogP) is 2.37.